The molecule has 0 unspecified atom stereocenters. The smallest absolute Gasteiger partial charge is 0.161 e. The Labute approximate surface area is 87.1 Å². The molecule has 0 saturated carbocycles. The Morgan fingerprint density at radius 2 is 2.20 bits per heavy atom. The Hall–Kier alpha value is -1.33. The predicted molar refractivity (Wildman–Crippen MR) is 53.6 cm³/mol. The van der Waals surface area contributed by atoms with E-state index in [1.807, 2.05) is 0 Å². The first-order valence-corrected chi connectivity index (χ1v) is 4.59. The molecule has 0 heterocycles. The van der Waals surface area contributed by atoms with Crippen molar-refractivity contribution in [2.75, 3.05) is 19.8 Å². The lowest BCUT2D eigenvalue weighted by Gasteiger charge is -2.11. The van der Waals surface area contributed by atoms with E-state index in [1.54, 1.807) is 6.07 Å². The number of hydrogen-bond acceptors (Lipinski definition) is 4. The Morgan fingerprint density at radius 1 is 1.47 bits per heavy atom. The van der Waals surface area contributed by atoms with Gasteiger partial charge in [0.15, 0.2) is 11.5 Å². The molecule has 1 aromatic rings. The van der Waals surface area contributed by atoms with Crippen molar-refractivity contribution in [2.45, 2.75) is 6.10 Å². The fourth-order valence-corrected chi connectivity index (χ4v) is 1.15. The third-order valence-electron chi connectivity index (χ3n) is 1.93. The van der Waals surface area contributed by atoms with Gasteiger partial charge in [-0.05, 0) is 17.7 Å². The summed E-state index contributed by atoms with van der Waals surface area (Å²) in [5, 5.41) is 18.8. The zero-order valence-electron chi connectivity index (χ0n) is 8.19. The predicted octanol–water partition coefficient (Wildman–Crippen LogP) is 0.733. The monoisotopic (exact) mass is 215 g/mol. The molecule has 5 heteroatoms. The minimum Gasteiger partial charge on any atom is -0.504 e. The molecule has 1 aromatic carbocycles. The van der Waals surface area contributed by atoms with E-state index < -0.39 is 12.8 Å². The van der Waals surface area contributed by atoms with Gasteiger partial charge < -0.3 is 20.7 Å². The molecule has 15 heavy (non-hydrogen) atoms. The zero-order valence-corrected chi connectivity index (χ0v) is 8.19. The van der Waals surface area contributed by atoms with Crippen molar-refractivity contribution in [1.29, 1.82) is 0 Å². The van der Waals surface area contributed by atoms with E-state index >= 15 is 0 Å². The van der Waals surface area contributed by atoms with Crippen LogP contribution in [-0.4, -0.2) is 30.0 Å². The first-order chi connectivity index (χ1) is 7.19. The van der Waals surface area contributed by atoms with Crippen LogP contribution in [-0.2, 0) is 0 Å². The molecule has 4 N–H and O–H groups in total. The van der Waals surface area contributed by atoms with Gasteiger partial charge in [0, 0.05) is 6.54 Å². The molecule has 0 spiro atoms. The number of rotatable bonds is 5. The maximum absolute atomic E-state index is 11.8. The summed E-state index contributed by atoms with van der Waals surface area (Å²) in [5.41, 5.74) is 5.76. The number of aromatic hydroxyl groups is 1. The molecular weight excluding hydrogens is 201 g/mol. The number of ether oxygens (including phenoxy) is 1. The fourth-order valence-electron chi connectivity index (χ4n) is 1.15. The van der Waals surface area contributed by atoms with Gasteiger partial charge in [-0.1, -0.05) is 6.07 Å². The number of hydrogen-bond donors (Lipinski definition) is 3. The zero-order chi connectivity index (χ0) is 11.3. The van der Waals surface area contributed by atoms with Gasteiger partial charge in [0.05, 0.1) is 6.10 Å². The van der Waals surface area contributed by atoms with E-state index in [9.17, 15) is 14.6 Å². The molecular formula is C10H14FNO3. The molecule has 1 atom stereocenters. The standard InChI is InChI=1S/C10H14FNO3/c11-3-4-15-10-2-1-7(5-8(10)13)9(14)6-12/h1-2,5,9,13-14H,3-4,6,12H2/t9-/m0/s1. The molecule has 1 rings (SSSR count). The summed E-state index contributed by atoms with van der Waals surface area (Å²) in [7, 11) is 0. The van der Waals surface area contributed by atoms with E-state index in [1.165, 1.54) is 12.1 Å². The molecule has 0 bridgehead atoms. The summed E-state index contributed by atoms with van der Waals surface area (Å²) in [5.74, 6) is 0.0640. The molecule has 0 aliphatic rings. The number of phenols is 1. The molecule has 0 aromatic heterocycles. The molecule has 0 aliphatic heterocycles. The van der Waals surface area contributed by atoms with Crippen molar-refractivity contribution < 1.29 is 19.3 Å². The van der Waals surface area contributed by atoms with Crippen molar-refractivity contribution in [3.63, 3.8) is 0 Å². The summed E-state index contributed by atoms with van der Waals surface area (Å²) in [4.78, 5) is 0. The Morgan fingerprint density at radius 3 is 2.73 bits per heavy atom. The van der Waals surface area contributed by atoms with Crippen LogP contribution in [0.5, 0.6) is 11.5 Å². The highest BCUT2D eigenvalue weighted by atomic mass is 19.1. The lowest BCUT2D eigenvalue weighted by Crippen LogP contribution is -2.11. The second kappa shape index (κ2) is 5.53. The molecule has 4 nitrogen and oxygen atoms in total. The average Bonchev–Trinajstić information content (AvgIpc) is 2.26. The maximum Gasteiger partial charge on any atom is 0.161 e. The van der Waals surface area contributed by atoms with Gasteiger partial charge in [0.2, 0.25) is 0 Å². The highest BCUT2D eigenvalue weighted by molar-refractivity contribution is 5.42. The first kappa shape index (κ1) is 11.7. The van der Waals surface area contributed by atoms with Gasteiger partial charge in [-0.3, -0.25) is 0 Å². The molecule has 0 radical (unpaired) electrons. The van der Waals surface area contributed by atoms with Gasteiger partial charge in [-0.25, -0.2) is 4.39 Å². The lowest BCUT2D eigenvalue weighted by atomic mass is 10.1. The number of benzene rings is 1. The molecule has 0 saturated heterocycles. The van der Waals surface area contributed by atoms with Crippen LogP contribution in [0.3, 0.4) is 0 Å². The van der Waals surface area contributed by atoms with Crippen molar-refractivity contribution in [2.24, 2.45) is 5.73 Å². The van der Waals surface area contributed by atoms with E-state index in [0.717, 1.165) is 0 Å². The maximum atomic E-state index is 11.8. The van der Waals surface area contributed by atoms with E-state index in [0.29, 0.717) is 5.56 Å². The Kier molecular flexibility index (Phi) is 4.33. The first-order valence-electron chi connectivity index (χ1n) is 4.59. The third kappa shape index (κ3) is 3.07. The third-order valence-corrected chi connectivity index (χ3v) is 1.93. The topological polar surface area (TPSA) is 75.7 Å². The second-order valence-electron chi connectivity index (χ2n) is 3.02. The highest BCUT2D eigenvalue weighted by Gasteiger charge is 2.09. The molecule has 0 amide bonds. The van der Waals surface area contributed by atoms with Crippen LogP contribution in [0.1, 0.15) is 11.7 Å². The van der Waals surface area contributed by atoms with Crippen LogP contribution in [0.4, 0.5) is 4.39 Å². The van der Waals surface area contributed by atoms with Crippen LogP contribution < -0.4 is 10.5 Å². The SMILES string of the molecule is NC[C@H](O)c1ccc(OCCF)c(O)c1. The average molecular weight is 215 g/mol. The van der Waals surface area contributed by atoms with Gasteiger partial charge >= 0.3 is 0 Å². The number of aliphatic hydroxyl groups is 1. The summed E-state index contributed by atoms with van der Waals surface area (Å²) in [6.07, 6.45) is -0.814. The largest absolute Gasteiger partial charge is 0.504 e. The van der Waals surface area contributed by atoms with Gasteiger partial charge in [0.25, 0.3) is 0 Å². The Balaban J connectivity index is 2.78. The minimum atomic E-state index is -0.814. The summed E-state index contributed by atoms with van der Waals surface area (Å²) >= 11 is 0. The van der Waals surface area contributed by atoms with Crippen LogP contribution in [0, 0.1) is 0 Å². The quantitative estimate of drug-likeness (QED) is 0.677. The van der Waals surface area contributed by atoms with Gasteiger partial charge in [-0.15, -0.1) is 0 Å². The Bertz CT molecular complexity index is 320. The van der Waals surface area contributed by atoms with Crippen molar-refractivity contribution in [1.82, 2.24) is 0 Å². The number of nitrogens with two attached hydrogens (primary N) is 1. The van der Waals surface area contributed by atoms with Gasteiger partial charge in [-0.2, -0.15) is 0 Å². The van der Waals surface area contributed by atoms with Gasteiger partial charge in [0.1, 0.15) is 13.3 Å². The van der Waals surface area contributed by atoms with E-state index in [-0.39, 0.29) is 24.7 Å². The van der Waals surface area contributed by atoms with Crippen LogP contribution >= 0.6 is 0 Å². The number of halogens is 1. The van der Waals surface area contributed by atoms with E-state index in [4.69, 9.17) is 10.5 Å². The number of phenolic OH excluding ortho intramolecular Hbond substituents is 1. The molecule has 0 aliphatic carbocycles. The summed E-state index contributed by atoms with van der Waals surface area (Å²) in [6, 6.07) is 4.40. The van der Waals surface area contributed by atoms with Crippen molar-refractivity contribution >= 4 is 0 Å². The van der Waals surface area contributed by atoms with Crippen LogP contribution in [0.2, 0.25) is 0 Å². The minimum absolute atomic E-state index is 0.0735. The van der Waals surface area contributed by atoms with Crippen molar-refractivity contribution in [3.05, 3.63) is 23.8 Å². The normalized spacial score (nSPS) is 12.5. The van der Waals surface area contributed by atoms with Crippen molar-refractivity contribution in [3.8, 4) is 11.5 Å². The second-order valence-corrected chi connectivity index (χ2v) is 3.02. The number of alkyl halides is 1. The summed E-state index contributed by atoms with van der Waals surface area (Å²) < 4.78 is 16.7. The number of aliphatic hydroxyl groups excluding tert-OH is 1. The van der Waals surface area contributed by atoms with Crippen LogP contribution in [0.15, 0.2) is 18.2 Å². The highest BCUT2D eigenvalue weighted by Crippen LogP contribution is 2.28. The fraction of sp³-hybridized carbons (Fsp3) is 0.400. The summed E-state index contributed by atoms with van der Waals surface area (Å²) in [6.45, 7) is -0.650. The molecule has 0 fully saturated rings. The van der Waals surface area contributed by atoms with E-state index in [2.05, 4.69) is 0 Å². The molecule has 84 valence electrons. The van der Waals surface area contributed by atoms with Crippen LogP contribution in [0.25, 0.3) is 0 Å². The lowest BCUT2D eigenvalue weighted by molar-refractivity contribution is 0.186.